The Morgan fingerprint density at radius 3 is 2.49 bits per heavy atom. The number of nitrogens with zero attached hydrogens (tertiary/aromatic N) is 3. The van der Waals surface area contributed by atoms with Crippen LogP contribution >= 0.6 is 0 Å². The highest BCUT2D eigenvalue weighted by Gasteiger charge is 2.31. The number of alkyl halides is 3. The summed E-state index contributed by atoms with van der Waals surface area (Å²) in [7, 11) is 0. The van der Waals surface area contributed by atoms with Crippen molar-refractivity contribution in [3.63, 3.8) is 0 Å². The summed E-state index contributed by atoms with van der Waals surface area (Å²) in [5.41, 5.74) is 2.40. The molecule has 0 saturated carbocycles. The lowest BCUT2D eigenvalue weighted by atomic mass is 10.1. The highest BCUT2D eigenvalue weighted by atomic mass is 19.4. The maximum Gasteiger partial charge on any atom is 0.573 e. The third kappa shape index (κ3) is 6.27. The van der Waals surface area contributed by atoms with Gasteiger partial charge in [0.2, 0.25) is 0 Å². The van der Waals surface area contributed by atoms with Crippen molar-refractivity contribution in [1.29, 1.82) is 0 Å². The number of benzene rings is 2. The Morgan fingerprint density at radius 1 is 1.06 bits per heavy atom. The normalized spacial score (nSPS) is 12.3. The molecular weight excluding hydrogens is 465 g/mol. The second kappa shape index (κ2) is 10.4. The molecule has 2 aromatic carbocycles. The van der Waals surface area contributed by atoms with Gasteiger partial charge in [-0.15, -0.1) is 13.2 Å². The van der Waals surface area contributed by atoms with Crippen LogP contribution in [0.1, 0.15) is 17.2 Å². The number of halogens is 3. The molecule has 0 aliphatic heterocycles. The fourth-order valence-corrected chi connectivity index (χ4v) is 3.46. The van der Waals surface area contributed by atoms with Crippen LogP contribution in [0.5, 0.6) is 11.8 Å². The number of aliphatic hydroxyl groups is 1. The van der Waals surface area contributed by atoms with Gasteiger partial charge in [0.05, 0.1) is 19.2 Å². The first-order valence-electron chi connectivity index (χ1n) is 10.6. The predicted octanol–water partition coefficient (Wildman–Crippen LogP) is 3.61. The summed E-state index contributed by atoms with van der Waals surface area (Å²) in [5, 5.41) is 12.4. The lowest BCUT2D eigenvalue weighted by molar-refractivity contribution is -0.274. The summed E-state index contributed by atoms with van der Waals surface area (Å²) in [5.74, 6) is -0.798. The summed E-state index contributed by atoms with van der Waals surface area (Å²) in [6.45, 7) is -0.475. The van der Waals surface area contributed by atoms with Crippen LogP contribution in [-0.4, -0.2) is 45.1 Å². The Hall–Kier alpha value is -4.12. The second-order valence-electron chi connectivity index (χ2n) is 7.52. The number of aliphatic hydroxyl groups excluding tert-OH is 1. The Morgan fingerprint density at radius 2 is 1.80 bits per heavy atom. The molecule has 0 saturated heterocycles. The molecule has 0 aliphatic carbocycles. The largest absolute Gasteiger partial charge is 0.573 e. The van der Waals surface area contributed by atoms with E-state index in [2.05, 4.69) is 20.0 Å². The molecule has 2 N–H and O–H groups in total. The van der Waals surface area contributed by atoms with E-state index in [0.717, 1.165) is 5.56 Å². The van der Waals surface area contributed by atoms with Crippen LogP contribution in [0, 0.1) is 0 Å². The molecule has 11 heteroatoms. The molecule has 1 atom stereocenters. The minimum Gasteiger partial charge on any atom is -0.455 e. The molecule has 0 bridgehead atoms. The highest BCUT2D eigenvalue weighted by molar-refractivity contribution is 5.78. The Bertz CT molecular complexity index is 1280. The van der Waals surface area contributed by atoms with Gasteiger partial charge in [-0.05, 0) is 35.4 Å². The molecular formula is C24H21F3N4O4. The quantitative estimate of drug-likeness (QED) is 0.375. The van der Waals surface area contributed by atoms with Crippen LogP contribution in [0.2, 0.25) is 0 Å². The molecule has 4 aromatic rings. The number of hydrogen-bond acceptors (Lipinski definition) is 6. The van der Waals surface area contributed by atoms with Crippen LogP contribution in [0.4, 0.5) is 13.2 Å². The van der Waals surface area contributed by atoms with Crippen molar-refractivity contribution in [2.45, 2.75) is 18.9 Å². The van der Waals surface area contributed by atoms with Crippen molar-refractivity contribution >= 4 is 17.1 Å². The smallest absolute Gasteiger partial charge is 0.455 e. The van der Waals surface area contributed by atoms with Gasteiger partial charge in [-0.3, -0.25) is 9.36 Å². The average molecular weight is 486 g/mol. The van der Waals surface area contributed by atoms with Gasteiger partial charge in [-0.25, -0.2) is 4.98 Å². The number of hydrogen-bond donors (Lipinski definition) is 2. The lowest BCUT2D eigenvalue weighted by Crippen LogP contribution is -2.34. The van der Waals surface area contributed by atoms with Crippen LogP contribution in [0.3, 0.4) is 0 Å². The van der Waals surface area contributed by atoms with Crippen molar-refractivity contribution in [3.05, 3.63) is 84.1 Å². The van der Waals surface area contributed by atoms with E-state index in [9.17, 15) is 23.1 Å². The van der Waals surface area contributed by atoms with Crippen LogP contribution in [-0.2, 0) is 11.3 Å². The summed E-state index contributed by atoms with van der Waals surface area (Å²) in [4.78, 5) is 21.2. The number of carbonyl (C=O) groups excluding carboxylic acids is 1. The third-order valence-corrected chi connectivity index (χ3v) is 5.02. The lowest BCUT2D eigenvalue weighted by Gasteiger charge is -2.17. The summed E-state index contributed by atoms with van der Waals surface area (Å²) < 4.78 is 48.4. The van der Waals surface area contributed by atoms with Gasteiger partial charge in [0, 0.05) is 6.20 Å². The van der Waals surface area contributed by atoms with Gasteiger partial charge < -0.3 is 19.9 Å². The van der Waals surface area contributed by atoms with Crippen molar-refractivity contribution in [3.8, 4) is 11.8 Å². The van der Waals surface area contributed by atoms with Gasteiger partial charge in [-0.2, -0.15) is 4.98 Å². The van der Waals surface area contributed by atoms with Gasteiger partial charge in [0.15, 0.2) is 12.3 Å². The minimum atomic E-state index is -4.77. The number of carbonyl (C=O) groups is 1. The standard InChI is InChI=1S/C24H21F3N4O4/c25-24(26,27)35-18-10-8-16(9-11-18)13-31-22-19(7-4-12-28-22)30-23(31)34-15-21(33)29-20(14-32)17-5-2-1-3-6-17/h1-12,20,32H,13-15H2,(H,29,33)/t20-/m0/s1. The number of amides is 1. The Balaban J connectivity index is 1.48. The topological polar surface area (TPSA) is 98.5 Å². The first kappa shape index (κ1) is 24.0. The number of imidazole rings is 1. The Kier molecular flexibility index (Phi) is 7.16. The maximum atomic E-state index is 12.5. The zero-order valence-electron chi connectivity index (χ0n) is 18.3. The Labute approximate surface area is 198 Å². The number of pyridine rings is 1. The summed E-state index contributed by atoms with van der Waals surface area (Å²) in [6.07, 6.45) is -3.20. The zero-order valence-corrected chi connectivity index (χ0v) is 18.3. The predicted molar refractivity (Wildman–Crippen MR) is 120 cm³/mol. The van der Waals surface area contributed by atoms with Crippen LogP contribution < -0.4 is 14.8 Å². The van der Waals surface area contributed by atoms with E-state index in [1.807, 2.05) is 6.07 Å². The molecule has 2 aromatic heterocycles. The van der Waals surface area contributed by atoms with E-state index in [0.29, 0.717) is 16.7 Å². The third-order valence-electron chi connectivity index (χ3n) is 5.02. The van der Waals surface area contributed by atoms with E-state index < -0.39 is 18.3 Å². The van der Waals surface area contributed by atoms with Gasteiger partial charge in [-0.1, -0.05) is 42.5 Å². The second-order valence-corrected chi connectivity index (χ2v) is 7.52. The summed E-state index contributed by atoms with van der Waals surface area (Å²) >= 11 is 0. The molecule has 0 aliphatic rings. The molecule has 0 unspecified atom stereocenters. The monoisotopic (exact) mass is 486 g/mol. The first-order chi connectivity index (χ1) is 16.8. The van der Waals surface area contributed by atoms with E-state index in [1.54, 1.807) is 47.2 Å². The molecule has 0 radical (unpaired) electrons. The maximum absolute atomic E-state index is 12.5. The number of ether oxygens (including phenoxy) is 2. The molecule has 0 fully saturated rings. The first-order valence-corrected chi connectivity index (χ1v) is 10.6. The molecule has 182 valence electrons. The van der Waals surface area contributed by atoms with Crippen molar-refractivity contribution in [1.82, 2.24) is 19.9 Å². The van der Waals surface area contributed by atoms with Crippen molar-refractivity contribution in [2.75, 3.05) is 13.2 Å². The SMILES string of the molecule is O=C(COc1nc2cccnc2n1Cc1ccc(OC(F)(F)F)cc1)N[C@@H](CO)c1ccccc1. The summed E-state index contributed by atoms with van der Waals surface area (Å²) in [6, 6.07) is 17.4. The van der Waals surface area contributed by atoms with E-state index in [1.165, 1.54) is 24.3 Å². The molecule has 35 heavy (non-hydrogen) atoms. The minimum absolute atomic E-state index is 0.115. The number of nitrogens with one attached hydrogen (secondary N) is 1. The number of aromatic nitrogens is 3. The number of fused-ring (bicyclic) bond motifs is 1. The molecule has 8 nitrogen and oxygen atoms in total. The fraction of sp³-hybridized carbons (Fsp3) is 0.208. The number of rotatable bonds is 9. The fourth-order valence-electron chi connectivity index (χ4n) is 3.46. The van der Waals surface area contributed by atoms with E-state index >= 15 is 0 Å². The van der Waals surface area contributed by atoms with Crippen molar-refractivity contribution < 1.29 is 32.5 Å². The molecule has 2 heterocycles. The van der Waals surface area contributed by atoms with Crippen molar-refractivity contribution in [2.24, 2.45) is 0 Å². The molecule has 0 spiro atoms. The van der Waals surface area contributed by atoms with E-state index in [-0.39, 0.29) is 31.5 Å². The van der Waals surface area contributed by atoms with Crippen LogP contribution in [0.15, 0.2) is 72.9 Å². The molecule has 4 rings (SSSR count). The van der Waals surface area contributed by atoms with Gasteiger partial charge >= 0.3 is 6.36 Å². The zero-order chi connectivity index (χ0) is 24.8. The average Bonchev–Trinajstić information content (AvgIpc) is 3.19. The molecule has 1 amide bonds. The van der Waals surface area contributed by atoms with Gasteiger partial charge in [0.1, 0.15) is 11.3 Å². The van der Waals surface area contributed by atoms with Crippen LogP contribution in [0.25, 0.3) is 11.2 Å². The highest BCUT2D eigenvalue weighted by Crippen LogP contribution is 2.25. The van der Waals surface area contributed by atoms with E-state index in [4.69, 9.17) is 4.74 Å². The van der Waals surface area contributed by atoms with Gasteiger partial charge in [0.25, 0.3) is 11.9 Å².